The Kier molecular flexibility index (Phi) is 3.64. The van der Waals surface area contributed by atoms with Crippen LogP contribution in [0.3, 0.4) is 0 Å². The van der Waals surface area contributed by atoms with Gasteiger partial charge in [0.25, 0.3) is 11.5 Å². The first-order valence-corrected chi connectivity index (χ1v) is 7.15. The van der Waals surface area contributed by atoms with Crippen molar-refractivity contribution in [1.29, 1.82) is 0 Å². The minimum absolute atomic E-state index is 0.155. The van der Waals surface area contributed by atoms with Gasteiger partial charge >= 0.3 is 0 Å². The molecule has 0 bridgehead atoms. The number of hydrogen-bond acceptors (Lipinski definition) is 6. The van der Waals surface area contributed by atoms with Crippen molar-refractivity contribution in [3.63, 3.8) is 0 Å². The van der Waals surface area contributed by atoms with Crippen LogP contribution >= 0.6 is 0 Å². The lowest BCUT2D eigenvalue weighted by atomic mass is 10.1. The molecule has 9 nitrogen and oxygen atoms in total. The van der Waals surface area contributed by atoms with Crippen LogP contribution in [0.4, 0.5) is 0 Å². The quantitative estimate of drug-likeness (QED) is 0.724. The Hall–Kier alpha value is -2.68. The minimum atomic E-state index is -0.817. The second-order valence-electron chi connectivity index (χ2n) is 5.70. The van der Waals surface area contributed by atoms with Gasteiger partial charge in [-0.1, -0.05) is 0 Å². The first kappa shape index (κ1) is 15.2. The largest absolute Gasteiger partial charge is 0.501 e. The third-order valence-electron chi connectivity index (χ3n) is 3.67. The fraction of sp³-hybridized carbons (Fsp3) is 0.429. The van der Waals surface area contributed by atoms with Gasteiger partial charge in [0, 0.05) is 6.20 Å². The molecule has 1 amide bonds. The van der Waals surface area contributed by atoms with E-state index in [0.717, 1.165) is 0 Å². The fourth-order valence-corrected chi connectivity index (χ4v) is 2.47. The smallest absolute Gasteiger partial charge is 0.296 e. The Morgan fingerprint density at radius 2 is 2.35 bits per heavy atom. The Bertz CT molecular complexity index is 794. The normalized spacial score (nSPS) is 15.9. The molecule has 1 aliphatic rings. The van der Waals surface area contributed by atoms with Crippen LogP contribution in [-0.2, 0) is 23.4 Å². The average Bonchev–Trinajstić information content (AvgIpc) is 3.02. The molecular formula is C14H17N5O4. The summed E-state index contributed by atoms with van der Waals surface area (Å²) in [4.78, 5) is 28.7. The van der Waals surface area contributed by atoms with E-state index in [1.54, 1.807) is 26.1 Å². The predicted molar refractivity (Wildman–Crippen MR) is 78.9 cm³/mol. The lowest BCUT2D eigenvalue weighted by molar-refractivity contribution is -0.0566. The van der Waals surface area contributed by atoms with Crippen molar-refractivity contribution in [1.82, 2.24) is 25.1 Å². The topological polar surface area (TPSA) is 122 Å². The minimum Gasteiger partial charge on any atom is -0.501 e. The number of carbonyl (C=O) groups excluding carboxylic acids is 1. The maximum Gasteiger partial charge on any atom is 0.296 e. The van der Waals surface area contributed by atoms with E-state index in [1.165, 1.54) is 4.57 Å². The molecule has 3 N–H and O–H groups in total. The average molecular weight is 319 g/mol. The zero-order chi connectivity index (χ0) is 16.6. The zero-order valence-corrected chi connectivity index (χ0v) is 12.8. The highest BCUT2D eigenvalue weighted by atomic mass is 16.5. The second-order valence-corrected chi connectivity index (χ2v) is 5.70. The molecule has 2 aromatic heterocycles. The second kappa shape index (κ2) is 5.51. The molecule has 0 spiro atoms. The van der Waals surface area contributed by atoms with E-state index < -0.39 is 22.8 Å². The summed E-state index contributed by atoms with van der Waals surface area (Å²) in [7, 11) is 0. The highest BCUT2D eigenvalue weighted by molar-refractivity contribution is 5.94. The molecule has 0 atom stereocenters. The van der Waals surface area contributed by atoms with Crippen LogP contribution in [0.15, 0.2) is 17.1 Å². The maximum atomic E-state index is 12.3. The number of H-pyrrole nitrogens is 1. The lowest BCUT2D eigenvalue weighted by Crippen LogP contribution is -2.42. The van der Waals surface area contributed by atoms with Crippen molar-refractivity contribution in [3.8, 4) is 5.75 Å². The highest BCUT2D eigenvalue weighted by Gasteiger charge is 2.34. The number of rotatable bonds is 3. The van der Waals surface area contributed by atoms with Gasteiger partial charge in [0.1, 0.15) is 11.4 Å². The molecule has 0 aromatic carbocycles. The van der Waals surface area contributed by atoms with Crippen molar-refractivity contribution < 1.29 is 14.6 Å². The summed E-state index contributed by atoms with van der Waals surface area (Å²) in [6.07, 6.45) is 1.63. The monoisotopic (exact) mass is 319 g/mol. The van der Waals surface area contributed by atoms with Gasteiger partial charge in [-0.05, 0) is 19.9 Å². The molecule has 2 aromatic rings. The van der Waals surface area contributed by atoms with Gasteiger partial charge in [-0.15, -0.1) is 0 Å². The molecule has 1 aliphatic heterocycles. The van der Waals surface area contributed by atoms with E-state index in [2.05, 4.69) is 20.5 Å². The van der Waals surface area contributed by atoms with Crippen LogP contribution in [0.5, 0.6) is 5.75 Å². The Morgan fingerprint density at radius 1 is 1.57 bits per heavy atom. The number of aromatic amines is 1. The van der Waals surface area contributed by atoms with Crippen LogP contribution in [0.2, 0.25) is 0 Å². The van der Waals surface area contributed by atoms with Gasteiger partial charge in [0.15, 0.2) is 5.69 Å². The number of fused-ring (bicyclic) bond motifs is 1. The van der Waals surface area contributed by atoms with Gasteiger partial charge in [0.2, 0.25) is 5.75 Å². The summed E-state index contributed by atoms with van der Waals surface area (Å²) in [5.74, 6) is -0.991. The molecule has 23 heavy (non-hydrogen) atoms. The number of carbonyl (C=O) groups is 1. The van der Waals surface area contributed by atoms with Crippen molar-refractivity contribution in [3.05, 3.63) is 39.8 Å². The van der Waals surface area contributed by atoms with Gasteiger partial charge in [0.05, 0.1) is 25.4 Å². The summed E-state index contributed by atoms with van der Waals surface area (Å²) in [5, 5.41) is 19.1. The first-order chi connectivity index (χ1) is 10.9. The third-order valence-corrected chi connectivity index (χ3v) is 3.67. The van der Waals surface area contributed by atoms with Crippen molar-refractivity contribution in [2.75, 3.05) is 6.61 Å². The Labute approximate surface area is 131 Å². The summed E-state index contributed by atoms with van der Waals surface area (Å²) in [5.41, 5.74) is -1.15. The summed E-state index contributed by atoms with van der Waals surface area (Å²) in [6.45, 7) is 4.29. The van der Waals surface area contributed by atoms with Gasteiger partial charge in [-0.2, -0.15) is 5.10 Å². The van der Waals surface area contributed by atoms with Gasteiger partial charge in [-0.3, -0.25) is 19.3 Å². The summed E-state index contributed by atoms with van der Waals surface area (Å²) < 4.78 is 6.93. The van der Waals surface area contributed by atoms with E-state index in [-0.39, 0.29) is 18.8 Å². The van der Waals surface area contributed by atoms with Crippen molar-refractivity contribution in [2.24, 2.45) is 0 Å². The molecular weight excluding hydrogens is 302 g/mol. The molecule has 3 rings (SSSR count). The lowest BCUT2D eigenvalue weighted by Gasteiger charge is -2.32. The van der Waals surface area contributed by atoms with E-state index >= 15 is 0 Å². The number of nitrogens with one attached hydrogen (secondary N) is 2. The number of ether oxygens (including phenoxy) is 1. The van der Waals surface area contributed by atoms with Gasteiger partial charge in [-0.25, -0.2) is 4.98 Å². The molecule has 9 heteroatoms. The van der Waals surface area contributed by atoms with Crippen LogP contribution in [0, 0.1) is 0 Å². The number of hydrogen-bond donors (Lipinski definition) is 3. The van der Waals surface area contributed by atoms with Crippen LogP contribution in [0.1, 0.15) is 35.9 Å². The van der Waals surface area contributed by atoms with E-state index in [9.17, 15) is 14.7 Å². The van der Waals surface area contributed by atoms with E-state index in [4.69, 9.17) is 4.74 Å². The van der Waals surface area contributed by atoms with Crippen molar-refractivity contribution in [2.45, 2.75) is 32.5 Å². The molecule has 3 heterocycles. The SMILES string of the molecule is CC1(C)OCCn2c1nc(C(=O)NCc1cc[nH]n1)c(O)c2=O. The van der Waals surface area contributed by atoms with Crippen LogP contribution in [-0.4, -0.2) is 37.4 Å². The maximum absolute atomic E-state index is 12.3. The highest BCUT2D eigenvalue weighted by Crippen LogP contribution is 2.27. The van der Waals surface area contributed by atoms with Crippen LogP contribution < -0.4 is 10.9 Å². The molecule has 0 fully saturated rings. The molecule has 0 unspecified atom stereocenters. The Balaban J connectivity index is 1.95. The van der Waals surface area contributed by atoms with E-state index in [0.29, 0.717) is 18.1 Å². The zero-order valence-electron chi connectivity index (χ0n) is 12.8. The molecule has 0 radical (unpaired) electrons. The van der Waals surface area contributed by atoms with E-state index in [1.807, 2.05) is 0 Å². The molecule has 122 valence electrons. The molecule has 0 saturated carbocycles. The standard InChI is InChI=1S/C14H17N5O4/c1-14(2)13-17-9(10(20)12(22)19(13)5-6-23-14)11(21)15-7-8-3-4-16-18-8/h3-4,20H,5-7H2,1-2H3,(H,15,21)(H,16,18). The third kappa shape index (κ3) is 2.70. The fourth-order valence-electron chi connectivity index (χ4n) is 2.47. The predicted octanol–water partition coefficient (Wildman–Crippen LogP) is -0.133. The molecule has 0 saturated heterocycles. The number of nitrogens with zero attached hydrogens (tertiary/aromatic N) is 3. The van der Waals surface area contributed by atoms with Crippen LogP contribution in [0.25, 0.3) is 0 Å². The number of aromatic hydroxyl groups is 1. The summed E-state index contributed by atoms with van der Waals surface area (Å²) in [6, 6.07) is 1.70. The molecule has 0 aliphatic carbocycles. The summed E-state index contributed by atoms with van der Waals surface area (Å²) >= 11 is 0. The Morgan fingerprint density at radius 3 is 3.04 bits per heavy atom. The van der Waals surface area contributed by atoms with Gasteiger partial charge < -0.3 is 15.2 Å². The first-order valence-electron chi connectivity index (χ1n) is 7.15. The number of aromatic nitrogens is 4. The number of amides is 1. The van der Waals surface area contributed by atoms with Crippen molar-refractivity contribution >= 4 is 5.91 Å².